The minimum atomic E-state index is -1.56. The fourth-order valence-corrected chi connectivity index (χ4v) is 9.91. The van der Waals surface area contributed by atoms with Crippen LogP contribution in [0.1, 0.15) is 107 Å². The Morgan fingerprint density at radius 2 is 1.71 bits per heavy atom. The van der Waals surface area contributed by atoms with Gasteiger partial charge >= 0.3 is 5.97 Å². The number of carbonyl (C=O) groups is 1. The molecule has 1 spiro atoms. The number of aliphatic carboxylic acids is 1. The van der Waals surface area contributed by atoms with Crippen LogP contribution in [-0.4, -0.2) is 135 Å². The van der Waals surface area contributed by atoms with Gasteiger partial charge in [0.05, 0.1) is 66.5 Å². The Morgan fingerprint density at radius 1 is 1.02 bits per heavy atom. The van der Waals surface area contributed by atoms with Crippen LogP contribution < -0.4 is 0 Å². The summed E-state index contributed by atoms with van der Waals surface area (Å²) in [5, 5.41) is 41.8. The zero-order valence-electron chi connectivity index (χ0n) is 31.0. The molecule has 0 aromatic heterocycles. The predicted molar refractivity (Wildman–Crippen MR) is 178 cm³/mol. The summed E-state index contributed by atoms with van der Waals surface area (Å²) in [6.45, 7) is 15.6. The van der Waals surface area contributed by atoms with Gasteiger partial charge in [0, 0.05) is 67.3 Å². The van der Waals surface area contributed by atoms with E-state index in [-0.39, 0.29) is 83.6 Å². The van der Waals surface area contributed by atoms with Crippen LogP contribution >= 0.6 is 0 Å². The van der Waals surface area contributed by atoms with E-state index < -0.39 is 59.6 Å². The van der Waals surface area contributed by atoms with Crippen LogP contribution in [0.5, 0.6) is 0 Å². The van der Waals surface area contributed by atoms with Gasteiger partial charge in [-0.2, -0.15) is 0 Å². The fourth-order valence-electron chi connectivity index (χ4n) is 9.91. The van der Waals surface area contributed by atoms with Crippen molar-refractivity contribution in [1.29, 1.82) is 0 Å². The standard InChI is InChI=1S/C36H62O11.Na/c1-10-34(31-20(3)16-26(43-31)28-19(2)15-21(4)36(41,18-37)46-28)12-11-27(44-34)33(8)13-14-35(47-33)17-25(38)22(5)30(45-35)23(6)29(42-9)24(7)32(39)40;/h19-31,37-38,41H,10-18H2,1-9H3,(H,39,40);/t19-,20-,21+,22+,23-,24-,25-,26+,27+,28-,29+,30-,31+,33-,34-,35?,36-;/m0./s1. The van der Waals surface area contributed by atoms with Crippen LogP contribution in [0, 0.1) is 35.5 Å². The van der Waals surface area contributed by atoms with Crippen molar-refractivity contribution in [2.75, 3.05) is 13.7 Å². The monoisotopic (exact) mass is 693 g/mol. The topological polar surface area (TPSA) is 153 Å². The fraction of sp³-hybridized carbons (Fsp3) is 0.972. The van der Waals surface area contributed by atoms with Gasteiger partial charge in [-0.1, -0.05) is 41.5 Å². The molecule has 5 heterocycles. The van der Waals surface area contributed by atoms with Gasteiger partial charge in [-0.3, -0.25) is 4.79 Å². The molecule has 273 valence electrons. The summed E-state index contributed by atoms with van der Waals surface area (Å²) < 4.78 is 39.4. The maximum Gasteiger partial charge on any atom is 0.308 e. The second-order valence-corrected chi connectivity index (χ2v) is 16.3. The van der Waals surface area contributed by atoms with Crippen LogP contribution in [-0.2, 0) is 33.2 Å². The minimum absolute atomic E-state index is 0. The molecule has 5 fully saturated rings. The number of hydrogen-bond acceptors (Lipinski definition) is 10. The number of aliphatic hydroxyl groups excluding tert-OH is 2. The van der Waals surface area contributed by atoms with Gasteiger partial charge in [0.25, 0.3) is 0 Å². The van der Waals surface area contributed by atoms with Crippen molar-refractivity contribution >= 4 is 35.5 Å². The molecule has 0 saturated carbocycles. The number of carboxylic acid groups (broad SMARTS) is 1. The van der Waals surface area contributed by atoms with E-state index in [4.69, 9.17) is 28.4 Å². The number of methoxy groups -OCH3 is 1. The van der Waals surface area contributed by atoms with Crippen LogP contribution in [0.3, 0.4) is 0 Å². The van der Waals surface area contributed by atoms with E-state index in [1.165, 1.54) is 7.11 Å². The van der Waals surface area contributed by atoms with Crippen molar-refractivity contribution in [2.24, 2.45) is 35.5 Å². The Morgan fingerprint density at radius 3 is 2.31 bits per heavy atom. The molecule has 0 aromatic rings. The third kappa shape index (κ3) is 7.33. The molecule has 0 amide bonds. The second-order valence-electron chi connectivity index (χ2n) is 16.3. The average molecular weight is 694 g/mol. The molecule has 0 aromatic carbocycles. The molecule has 5 saturated heterocycles. The molecule has 1 unspecified atom stereocenters. The van der Waals surface area contributed by atoms with Gasteiger partial charge in [0.2, 0.25) is 0 Å². The van der Waals surface area contributed by atoms with Gasteiger partial charge in [-0.15, -0.1) is 0 Å². The van der Waals surface area contributed by atoms with E-state index in [0.717, 1.165) is 32.1 Å². The van der Waals surface area contributed by atoms with Gasteiger partial charge in [-0.05, 0) is 64.2 Å². The van der Waals surface area contributed by atoms with Crippen molar-refractivity contribution in [3.63, 3.8) is 0 Å². The molecule has 17 atom stereocenters. The van der Waals surface area contributed by atoms with Crippen molar-refractivity contribution in [3.05, 3.63) is 0 Å². The van der Waals surface area contributed by atoms with E-state index in [1.54, 1.807) is 6.92 Å². The summed E-state index contributed by atoms with van der Waals surface area (Å²) >= 11 is 0. The van der Waals surface area contributed by atoms with Crippen molar-refractivity contribution in [2.45, 2.75) is 172 Å². The van der Waals surface area contributed by atoms with Gasteiger partial charge in [0.1, 0.15) is 0 Å². The normalized spacial score (nSPS) is 49.8. The van der Waals surface area contributed by atoms with Crippen LogP contribution in [0.2, 0.25) is 0 Å². The smallest absolute Gasteiger partial charge is 0.308 e. The summed E-state index contributed by atoms with van der Waals surface area (Å²) in [5.74, 6) is -4.52. The maximum absolute atomic E-state index is 11.8. The van der Waals surface area contributed by atoms with E-state index in [2.05, 4.69) is 27.7 Å². The van der Waals surface area contributed by atoms with E-state index >= 15 is 0 Å². The Balaban J connectivity index is 0.00000520. The molecule has 48 heavy (non-hydrogen) atoms. The van der Waals surface area contributed by atoms with Gasteiger partial charge in [0.15, 0.2) is 11.6 Å². The third-order valence-electron chi connectivity index (χ3n) is 13.0. The Kier molecular flexibility index (Phi) is 13.0. The quantitative estimate of drug-likeness (QED) is 0.247. The van der Waals surface area contributed by atoms with Crippen molar-refractivity contribution in [1.82, 2.24) is 0 Å². The number of rotatable bonds is 10. The number of ether oxygens (including phenoxy) is 6. The third-order valence-corrected chi connectivity index (χ3v) is 13.0. The summed E-state index contributed by atoms with van der Waals surface area (Å²) in [4.78, 5) is 11.8. The second kappa shape index (κ2) is 15.2. The van der Waals surface area contributed by atoms with Crippen LogP contribution in [0.25, 0.3) is 0 Å². The van der Waals surface area contributed by atoms with Crippen LogP contribution in [0.15, 0.2) is 0 Å². The van der Waals surface area contributed by atoms with Crippen molar-refractivity contribution < 1.29 is 53.6 Å². The van der Waals surface area contributed by atoms with Gasteiger partial charge in [-0.25, -0.2) is 0 Å². The SMILES string of the molecule is CC[C@@]1([C@@H]2O[C@@H]([C@H]3O[C@@](O)(CO)[C@H](C)C[C@@H]3C)C[C@@H]2C)CC[C@H]([C@]2(C)CCC3(C[C@H](O)[C@@H](C)[C@@H]([C@@H](C)[C@@H](OC)[C@H](C)C(=O)O)O3)O2)O1.[Na]. The molecule has 4 N–H and O–H groups in total. The first-order valence-corrected chi connectivity index (χ1v) is 18.1. The average Bonchev–Trinajstić information content (AvgIpc) is 3.73. The molecule has 0 bridgehead atoms. The van der Waals surface area contributed by atoms with E-state index in [9.17, 15) is 25.2 Å². The molecule has 1 radical (unpaired) electrons. The minimum Gasteiger partial charge on any atom is -0.481 e. The van der Waals surface area contributed by atoms with E-state index in [1.807, 2.05) is 20.8 Å². The summed E-state index contributed by atoms with van der Waals surface area (Å²) in [6.07, 6.45) is 2.99. The summed E-state index contributed by atoms with van der Waals surface area (Å²) in [7, 11) is 1.52. The zero-order valence-corrected chi connectivity index (χ0v) is 33.0. The van der Waals surface area contributed by atoms with Crippen LogP contribution in [0.4, 0.5) is 0 Å². The number of carboxylic acids is 1. The first-order chi connectivity index (χ1) is 22.0. The molecule has 5 aliphatic rings. The molecular weight excluding hydrogens is 631 g/mol. The molecule has 12 heteroatoms. The molecule has 5 rings (SSSR count). The first kappa shape index (κ1) is 40.9. The zero-order chi connectivity index (χ0) is 34.7. The molecule has 5 aliphatic heterocycles. The summed E-state index contributed by atoms with van der Waals surface area (Å²) in [5.41, 5.74) is -1.15. The Bertz CT molecular complexity index is 1110. The number of hydrogen-bond donors (Lipinski definition) is 4. The number of aliphatic hydroxyl groups is 3. The Hall–Kier alpha value is 0.110. The summed E-state index contributed by atoms with van der Waals surface area (Å²) in [6, 6.07) is 0. The van der Waals surface area contributed by atoms with Crippen molar-refractivity contribution in [3.8, 4) is 0 Å². The Labute approximate surface area is 309 Å². The van der Waals surface area contributed by atoms with E-state index in [0.29, 0.717) is 19.3 Å². The maximum atomic E-state index is 11.8. The molecule has 0 aliphatic carbocycles. The van der Waals surface area contributed by atoms with Gasteiger partial charge < -0.3 is 48.8 Å². The molecule has 11 nitrogen and oxygen atoms in total. The predicted octanol–water partition coefficient (Wildman–Crippen LogP) is 3.89. The largest absolute Gasteiger partial charge is 0.481 e. The molecular formula is C36H62NaO11. The first-order valence-electron chi connectivity index (χ1n) is 18.1.